The van der Waals surface area contributed by atoms with Gasteiger partial charge < -0.3 is 30.4 Å². The molecule has 1 atom stereocenters. The molecule has 4 aromatic rings. The molecule has 3 heterocycles. The number of anilines is 1. The van der Waals surface area contributed by atoms with Crippen LogP contribution < -0.4 is 25.3 Å². The standard InChI is InChI=1S/C26H29N5O5/c1-14(2)5-16(30-26(32)33)13-36-17-6-15(10-28-11-17)21-7-18-19-8-23(34-3)24(35-4)9-22(19)29-12-20(18)25(27)31-21/h6-12,14,16,30H,5,13H2,1-4H3,(H2,27,31)(H,32,33)/t16-/m0/s1. The molecular formula is C26H29N5O5. The summed E-state index contributed by atoms with van der Waals surface area (Å²) >= 11 is 0. The quantitative estimate of drug-likeness (QED) is 0.288. The van der Waals surface area contributed by atoms with Crippen LogP contribution in [-0.2, 0) is 0 Å². The van der Waals surface area contributed by atoms with Crippen molar-refractivity contribution in [3.8, 4) is 28.5 Å². The second-order valence-electron chi connectivity index (χ2n) is 8.83. The fourth-order valence-corrected chi connectivity index (χ4v) is 4.15. The summed E-state index contributed by atoms with van der Waals surface area (Å²) in [5, 5.41) is 14.0. The highest BCUT2D eigenvalue weighted by atomic mass is 16.5. The smallest absolute Gasteiger partial charge is 0.404 e. The first kappa shape index (κ1) is 24.8. The number of aromatic nitrogens is 3. The molecule has 1 amide bonds. The Morgan fingerprint density at radius 2 is 1.78 bits per heavy atom. The first-order valence-corrected chi connectivity index (χ1v) is 11.5. The molecule has 0 fully saturated rings. The summed E-state index contributed by atoms with van der Waals surface area (Å²) in [6.07, 6.45) is 4.52. The number of nitrogens with two attached hydrogens (primary N) is 1. The molecule has 0 saturated heterocycles. The molecule has 0 aliphatic heterocycles. The van der Waals surface area contributed by atoms with E-state index in [-0.39, 0.29) is 12.6 Å². The van der Waals surface area contributed by atoms with Crippen molar-refractivity contribution >= 4 is 33.6 Å². The van der Waals surface area contributed by atoms with Gasteiger partial charge in [0.15, 0.2) is 11.5 Å². The maximum atomic E-state index is 11.1. The maximum absolute atomic E-state index is 11.1. The van der Waals surface area contributed by atoms with E-state index in [9.17, 15) is 4.79 Å². The third kappa shape index (κ3) is 5.32. The van der Waals surface area contributed by atoms with Crippen molar-refractivity contribution in [2.45, 2.75) is 26.3 Å². The lowest BCUT2D eigenvalue weighted by Crippen LogP contribution is -2.39. The minimum absolute atomic E-state index is 0.181. The monoisotopic (exact) mass is 491 g/mol. The molecule has 3 aromatic heterocycles. The van der Waals surface area contributed by atoms with Crippen molar-refractivity contribution in [3.63, 3.8) is 0 Å². The van der Waals surface area contributed by atoms with Crippen LogP contribution in [0.3, 0.4) is 0 Å². The van der Waals surface area contributed by atoms with Crippen LogP contribution in [-0.4, -0.2) is 53.0 Å². The lowest BCUT2D eigenvalue weighted by Gasteiger charge is -2.19. The summed E-state index contributed by atoms with van der Waals surface area (Å²) in [6.45, 7) is 4.24. The van der Waals surface area contributed by atoms with E-state index in [4.69, 9.17) is 25.1 Å². The predicted molar refractivity (Wildman–Crippen MR) is 138 cm³/mol. The average Bonchev–Trinajstić information content (AvgIpc) is 2.85. The number of carboxylic acid groups (broad SMARTS) is 1. The highest BCUT2D eigenvalue weighted by Gasteiger charge is 2.16. The largest absolute Gasteiger partial charge is 0.493 e. The Morgan fingerprint density at radius 1 is 1.03 bits per heavy atom. The molecule has 0 aliphatic rings. The number of fused-ring (bicyclic) bond motifs is 3. The number of amides is 1. The first-order valence-electron chi connectivity index (χ1n) is 11.5. The third-order valence-corrected chi connectivity index (χ3v) is 5.76. The van der Waals surface area contributed by atoms with E-state index in [0.717, 1.165) is 21.7 Å². The SMILES string of the molecule is COc1cc2ncc3c(N)nc(-c4cncc(OC[C@H](CC(C)C)NC(=O)O)c4)cc3c2cc1OC. The highest BCUT2D eigenvalue weighted by molar-refractivity contribution is 6.10. The number of nitrogen functional groups attached to an aromatic ring is 1. The Labute approximate surface area is 208 Å². The van der Waals surface area contributed by atoms with Crippen molar-refractivity contribution < 1.29 is 24.1 Å². The lowest BCUT2D eigenvalue weighted by molar-refractivity contribution is 0.176. The van der Waals surface area contributed by atoms with Crippen molar-refractivity contribution in [3.05, 3.63) is 42.9 Å². The number of carbonyl (C=O) groups is 1. The number of methoxy groups -OCH3 is 2. The van der Waals surface area contributed by atoms with E-state index in [2.05, 4.69) is 20.3 Å². The summed E-state index contributed by atoms with van der Waals surface area (Å²) < 4.78 is 16.8. The molecule has 10 heteroatoms. The van der Waals surface area contributed by atoms with Gasteiger partial charge in [-0.05, 0) is 35.9 Å². The minimum Gasteiger partial charge on any atom is -0.493 e. The molecule has 0 radical (unpaired) electrons. The van der Waals surface area contributed by atoms with Crippen LogP contribution in [0.1, 0.15) is 20.3 Å². The number of hydrogen-bond donors (Lipinski definition) is 3. The van der Waals surface area contributed by atoms with Crippen molar-refractivity contribution in [2.24, 2.45) is 5.92 Å². The summed E-state index contributed by atoms with van der Waals surface area (Å²) in [5.41, 5.74) is 8.37. The van der Waals surface area contributed by atoms with Crippen LogP contribution in [0.4, 0.5) is 10.6 Å². The zero-order valence-electron chi connectivity index (χ0n) is 20.6. The zero-order valence-corrected chi connectivity index (χ0v) is 20.6. The summed E-state index contributed by atoms with van der Waals surface area (Å²) in [6, 6.07) is 7.08. The van der Waals surface area contributed by atoms with E-state index >= 15 is 0 Å². The summed E-state index contributed by atoms with van der Waals surface area (Å²) in [5.74, 6) is 2.31. The average molecular weight is 492 g/mol. The molecule has 4 N–H and O–H groups in total. The highest BCUT2D eigenvalue weighted by Crippen LogP contribution is 2.37. The number of nitrogens with one attached hydrogen (secondary N) is 1. The minimum atomic E-state index is -1.08. The Hall–Kier alpha value is -4.34. The Balaban J connectivity index is 1.70. The van der Waals surface area contributed by atoms with Gasteiger partial charge in [0.25, 0.3) is 0 Å². The molecule has 0 saturated carbocycles. The van der Waals surface area contributed by atoms with Crippen molar-refractivity contribution in [1.29, 1.82) is 0 Å². The van der Waals surface area contributed by atoms with Gasteiger partial charge >= 0.3 is 6.09 Å². The van der Waals surface area contributed by atoms with E-state index < -0.39 is 6.09 Å². The first-order chi connectivity index (χ1) is 17.3. The predicted octanol–water partition coefficient (Wildman–Crippen LogP) is 4.51. The number of ether oxygens (including phenoxy) is 3. The van der Waals surface area contributed by atoms with Gasteiger partial charge in [-0.2, -0.15) is 0 Å². The van der Waals surface area contributed by atoms with Gasteiger partial charge in [0, 0.05) is 34.8 Å². The van der Waals surface area contributed by atoms with Crippen LogP contribution >= 0.6 is 0 Å². The van der Waals surface area contributed by atoms with E-state index in [1.54, 1.807) is 38.9 Å². The Bertz CT molecular complexity index is 1410. The summed E-state index contributed by atoms with van der Waals surface area (Å²) in [7, 11) is 3.16. The molecule has 188 valence electrons. The van der Waals surface area contributed by atoms with Gasteiger partial charge in [-0.25, -0.2) is 9.78 Å². The number of hydrogen-bond acceptors (Lipinski definition) is 8. The molecule has 0 bridgehead atoms. The third-order valence-electron chi connectivity index (χ3n) is 5.76. The molecule has 4 rings (SSSR count). The van der Waals surface area contributed by atoms with Gasteiger partial charge in [0.2, 0.25) is 0 Å². The van der Waals surface area contributed by atoms with Crippen molar-refractivity contribution in [1.82, 2.24) is 20.3 Å². The van der Waals surface area contributed by atoms with Gasteiger partial charge in [-0.15, -0.1) is 0 Å². The summed E-state index contributed by atoms with van der Waals surface area (Å²) in [4.78, 5) is 24.5. The second-order valence-corrected chi connectivity index (χ2v) is 8.83. The van der Waals surface area contributed by atoms with Crippen molar-refractivity contribution in [2.75, 3.05) is 26.6 Å². The zero-order chi connectivity index (χ0) is 25.8. The number of rotatable bonds is 9. The van der Waals surface area contributed by atoms with Crippen LogP contribution in [0.2, 0.25) is 0 Å². The fourth-order valence-electron chi connectivity index (χ4n) is 4.15. The fraction of sp³-hybridized carbons (Fsp3) is 0.308. The number of nitrogens with zero attached hydrogens (tertiary/aromatic N) is 3. The van der Waals surface area contributed by atoms with E-state index in [1.165, 1.54) is 0 Å². The van der Waals surface area contributed by atoms with Crippen LogP contribution in [0.15, 0.2) is 42.9 Å². The lowest BCUT2D eigenvalue weighted by atomic mass is 10.0. The number of pyridine rings is 3. The molecule has 0 spiro atoms. The van der Waals surface area contributed by atoms with Crippen LogP contribution in [0.5, 0.6) is 17.2 Å². The Morgan fingerprint density at radius 3 is 2.47 bits per heavy atom. The van der Waals surface area contributed by atoms with E-state index in [1.807, 2.05) is 32.0 Å². The maximum Gasteiger partial charge on any atom is 0.404 e. The molecule has 0 aliphatic carbocycles. The topological polar surface area (TPSA) is 142 Å². The van der Waals surface area contributed by atoms with Crippen LogP contribution in [0.25, 0.3) is 32.9 Å². The Kier molecular flexibility index (Phi) is 7.23. The molecule has 1 aromatic carbocycles. The number of benzene rings is 1. The van der Waals surface area contributed by atoms with E-state index in [0.29, 0.717) is 46.7 Å². The molecule has 0 unspecified atom stereocenters. The molecule has 10 nitrogen and oxygen atoms in total. The van der Waals surface area contributed by atoms with Crippen LogP contribution in [0, 0.1) is 5.92 Å². The van der Waals surface area contributed by atoms with Gasteiger partial charge in [0.1, 0.15) is 18.2 Å². The second kappa shape index (κ2) is 10.5. The van der Waals surface area contributed by atoms with Gasteiger partial charge in [0.05, 0.1) is 37.7 Å². The molecule has 36 heavy (non-hydrogen) atoms. The molecular weight excluding hydrogens is 462 g/mol. The normalized spacial score (nSPS) is 12.0. The van der Waals surface area contributed by atoms with Gasteiger partial charge in [-0.1, -0.05) is 13.8 Å². The van der Waals surface area contributed by atoms with Gasteiger partial charge in [-0.3, -0.25) is 9.97 Å².